The molecule has 0 atom stereocenters. The van der Waals surface area contributed by atoms with Gasteiger partial charge in [0.1, 0.15) is 0 Å². The van der Waals surface area contributed by atoms with E-state index in [0.717, 1.165) is 12.8 Å². The molecule has 0 aliphatic heterocycles. The van der Waals surface area contributed by atoms with Gasteiger partial charge >= 0.3 is 0 Å². The third-order valence-electron chi connectivity index (χ3n) is 4.25. The zero-order valence-corrected chi connectivity index (χ0v) is 16.4. The molecule has 0 bridgehead atoms. The Balaban J connectivity index is 1.58. The summed E-state index contributed by atoms with van der Waals surface area (Å²) in [6.45, 7) is 0. The normalized spacial score (nSPS) is 13.7. The standard InChI is InChI=1S/C19H15Cl2N3O2S/c20-13-5-3-6-14(21)17(13)23-16(25)10-27-19-22-15-7-2-1-4-12(15)18(26)24(19)11-8-9-11/h1-7,11H,8-10H2,(H,23,25). The van der Waals surface area contributed by atoms with Crippen LogP contribution in [0, 0.1) is 0 Å². The number of aromatic nitrogens is 2. The van der Waals surface area contributed by atoms with Crippen LogP contribution in [0.5, 0.6) is 0 Å². The zero-order valence-electron chi connectivity index (χ0n) is 14.1. The lowest BCUT2D eigenvalue weighted by atomic mass is 10.2. The molecule has 0 unspecified atom stereocenters. The van der Waals surface area contributed by atoms with Gasteiger partial charge in [-0.05, 0) is 37.1 Å². The van der Waals surface area contributed by atoms with Gasteiger partial charge in [0.15, 0.2) is 5.16 Å². The summed E-state index contributed by atoms with van der Waals surface area (Å²) in [4.78, 5) is 29.8. The van der Waals surface area contributed by atoms with Crippen molar-refractivity contribution in [1.82, 2.24) is 9.55 Å². The Hall–Kier alpha value is -2.02. The minimum absolute atomic E-state index is 0.0554. The van der Waals surface area contributed by atoms with Crippen molar-refractivity contribution in [1.29, 1.82) is 0 Å². The molecule has 8 heteroatoms. The highest BCUT2D eigenvalue weighted by Gasteiger charge is 2.28. The lowest BCUT2D eigenvalue weighted by molar-refractivity contribution is -0.113. The first-order valence-corrected chi connectivity index (χ1v) is 10.2. The second kappa shape index (κ2) is 7.54. The Morgan fingerprint density at radius 3 is 2.56 bits per heavy atom. The summed E-state index contributed by atoms with van der Waals surface area (Å²) in [5, 5.41) is 4.63. The van der Waals surface area contributed by atoms with E-state index in [9.17, 15) is 9.59 Å². The maximum absolute atomic E-state index is 12.8. The van der Waals surface area contributed by atoms with Crippen molar-refractivity contribution in [3.05, 3.63) is 62.9 Å². The van der Waals surface area contributed by atoms with Gasteiger partial charge in [0, 0.05) is 6.04 Å². The Morgan fingerprint density at radius 1 is 1.15 bits per heavy atom. The number of nitrogens with one attached hydrogen (secondary N) is 1. The average Bonchev–Trinajstić information content (AvgIpc) is 3.48. The molecule has 2 aromatic carbocycles. The molecular formula is C19H15Cl2N3O2S. The molecule has 27 heavy (non-hydrogen) atoms. The second-order valence-electron chi connectivity index (χ2n) is 6.25. The number of anilines is 1. The number of hydrogen-bond donors (Lipinski definition) is 1. The van der Waals surface area contributed by atoms with Crippen LogP contribution < -0.4 is 10.9 Å². The van der Waals surface area contributed by atoms with Crippen molar-refractivity contribution in [2.45, 2.75) is 24.0 Å². The molecule has 0 radical (unpaired) electrons. The molecule has 138 valence electrons. The number of thioether (sulfide) groups is 1. The fourth-order valence-corrected chi connectivity index (χ4v) is 4.16. The summed E-state index contributed by atoms with van der Waals surface area (Å²) in [7, 11) is 0. The van der Waals surface area contributed by atoms with E-state index in [-0.39, 0.29) is 23.3 Å². The third-order valence-corrected chi connectivity index (χ3v) is 5.83. The number of nitrogens with zero attached hydrogens (tertiary/aromatic N) is 2. The Kier molecular flexibility index (Phi) is 5.12. The fraction of sp³-hybridized carbons (Fsp3) is 0.211. The van der Waals surface area contributed by atoms with E-state index < -0.39 is 0 Å². The maximum Gasteiger partial charge on any atom is 0.262 e. The van der Waals surface area contributed by atoms with Crippen molar-refractivity contribution < 1.29 is 4.79 Å². The summed E-state index contributed by atoms with van der Waals surface area (Å²) < 4.78 is 1.71. The van der Waals surface area contributed by atoms with Gasteiger partial charge in [-0.3, -0.25) is 14.2 Å². The zero-order chi connectivity index (χ0) is 19.0. The molecule has 4 rings (SSSR count). The van der Waals surface area contributed by atoms with Crippen LogP contribution in [0.4, 0.5) is 5.69 Å². The number of carbonyl (C=O) groups is 1. The summed E-state index contributed by atoms with van der Waals surface area (Å²) in [5.41, 5.74) is 0.967. The van der Waals surface area contributed by atoms with E-state index in [1.807, 2.05) is 18.2 Å². The van der Waals surface area contributed by atoms with Gasteiger partial charge in [0.2, 0.25) is 5.91 Å². The molecule has 1 amide bonds. The van der Waals surface area contributed by atoms with Gasteiger partial charge < -0.3 is 5.32 Å². The Labute approximate surface area is 169 Å². The average molecular weight is 420 g/mol. The van der Waals surface area contributed by atoms with Gasteiger partial charge in [-0.15, -0.1) is 0 Å². The predicted molar refractivity (Wildman–Crippen MR) is 110 cm³/mol. The number of rotatable bonds is 5. The van der Waals surface area contributed by atoms with Gasteiger partial charge in [0.05, 0.1) is 32.4 Å². The van der Waals surface area contributed by atoms with Gasteiger partial charge in [-0.1, -0.05) is 53.2 Å². The molecule has 1 fully saturated rings. The monoisotopic (exact) mass is 419 g/mol. The number of fused-ring (bicyclic) bond motifs is 1. The fourth-order valence-electron chi connectivity index (χ4n) is 2.80. The molecule has 1 N–H and O–H groups in total. The van der Waals surface area contributed by atoms with Gasteiger partial charge in [0.25, 0.3) is 5.56 Å². The minimum atomic E-state index is -0.264. The van der Waals surface area contributed by atoms with Gasteiger partial charge in [-0.25, -0.2) is 4.98 Å². The number of halogens is 2. The maximum atomic E-state index is 12.8. The summed E-state index contributed by atoms with van der Waals surface area (Å²) >= 11 is 13.4. The molecule has 1 aromatic heterocycles. The van der Waals surface area contributed by atoms with E-state index in [4.69, 9.17) is 23.2 Å². The lowest BCUT2D eigenvalue weighted by Crippen LogP contribution is -2.23. The highest BCUT2D eigenvalue weighted by atomic mass is 35.5. The molecule has 1 heterocycles. The third kappa shape index (κ3) is 3.83. The molecule has 1 aliphatic rings. The SMILES string of the molecule is O=C(CSc1nc2ccccc2c(=O)n1C1CC1)Nc1c(Cl)cccc1Cl. The van der Waals surface area contributed by atoms with Crippen LogP contribution in [0.2, 0.25) is 10.0 Å². The number of carbonyl (C=O) groups excluding carboxylic acids is 1. The van der Waals surface area contributed by atoms with E-state index >= 15 is 0 Å². The predicted octanol–water partition coefficient (Wildman–Crippen LogP) is 4.77. The first kappa shape index (κ1) is 18.3. The lowest BCUT2D eigenvalue weighted by Gasteiger charge is -2.13. The van der Waals surface area contributed by atoms with Crippen molar-refractivity contribution in [3.8, 4) is 0 Å². The molecule has 0 spiro atoms. The molecule has 0 saturated heterocycles. The minimum Gasteiger partial charge on any atom is -0.323 e. The van der Waals surface area contributed by atoms with E-state index in [1.54, 1.807) is 28.8 Å². The Bertz CT molecular complexity index is 1080. The summed E-state index contributed by atoms with van der Waals surface area (Å²) in [6, 6.07) is 12.5. The van der Waals surface area contributed by atoms with E-state index in [1.165, 1.54) is 11.8 Å². The quantitative estimate of drug-likeness (QED) is 0.477. The van der Waals surface area contributed by atoms with Crippen molar-refractivity contribution in [3.63, 3.8) is 0 Å². The number of para-hydroxylation sites is 2. The number of amides is 1. The smallest absolute Gasteiger partial charge is 0.262 e. The van der Waals surface area contributed by atoms with Gasteiger partial charge in [-0.2, -0.15) is 0 Å². The number of hydrogen-bond acceptors (Lipinski definition) is 4. The highest BCUT2D eigenvalue weighted by Crippen LogP contribution is 2.37. The van der Waals surface area contributed by atoms with Crippen molar-refractivity contribution in [2.24, 2.45) is 0 Å². The van der Waals surface area contributed by atoms with Crippen LogP contribution >= 0.6 is 35.0 Å². The van der Waals surface area contributed by atoms with E-state index in [0.29, 0.717) is 31.8 Å². The molecule has 1 aliphatic carbocycles. The van der Waals surface area contributed by atoms with Crippen LogP contribution in [0.25, 0.3) is 10.9 Å². The van der Waals surface area contributed by atoms with Crippen LogP contribution in [-0.2, 0) is 4.79 Å². The van der Waals surface area contributed by atoms with E-state index in [2.05, 4.69) is 10.3 Å². The summed E-state index contributed by atoms with van der Waals surface area (Å²) in [6.07, 6.45) is 1.91. The van der Waals surface area contributed by atoms with Crippen LogP contribution in [0.1, 0.15) is 18.9 Å². The molecule has 1 saturated carbocycles. The van der Waals surface area contributed by atoms with Crippen molar-refractivity contribution >= 4 is 57.5 Å². The molecule has 5 nitrogen and oxygen atoms in total. The Morgan fingerprint density at radius 2 is 1.85 bits per heavy atom. The summed E-state index contributed by atoms with van der Waals surface area (Å²) in [5.74, 6) is -0.168. The largest absolute Gasteiger partial charge is 0.323 e. The van der Waals surface area contributed by atoms with Crippen LogP contribution in [0.15, 0.2) is 52.4 Å². The molecular weight excluding hydrogens is 405 g/mol. The number of benzene rings is 2. The highest BCUT2D eigenvalue weighted by molar-refractivity contribution is 7.99. The second-order valence-corrected chi connectivity index (χ2v) is 8.01. The first-order valence-electron chi connectivity index (χ1n) is 8.42. The van der Waals surface area contributed by atoms with Crippen molar-refractivity contribution in [2.75, 3.05) is 11.1 Å². The topological polar surface area (TPSA) is 64.0 Å². The molecule has 3 aromatic rings. The van der Waals surface area contributed by atoms with Crippen LogP contribution in [-0.4, -0.2) is 21.2 Å². The first-order chi connectivity index (χ1) is 13.0. The van der Waals surface area contributed by atoms with Crippen LogP contribution in [0.3, 0.4) is 0 Å².